The lowest BCUT2D eigenvalue weighted by Gasteiger charge is -2.26. The van der Waals surface area contributed by atoms with Gasteiger partial charge in [0.1, 0.15) is 11.0 Å². The smallest absolute Gasteiger partial charge is 0.113 e. The highest BCUT2D eigenvalue weighted by Gasteiger charge is 2.13. The molecule has 0 unspecified atom stereocenters. The van der Waals surface area contributed by atoms with E-state index in [1.165, 1.54) is 0 Å². The average molecular weight is 729 g/mol. The van der Waals surface area contributed by atoms with Gasteiger partial charge in [-0.3, -0.25) is 0 Å². The molecular weight excluding hydrogens is 689 g/mol. The van der Waals surface area contributed by atoms with Gasteiger partial charge >= 0.3 is 0 Å². The number of aromatic nitrogens is 6. The molecule has 0 spiro atoms. The molecule has 0 saturated carbocycles. The summed E-state index contributed by atoms with van der Waals surface area (Å²) in [6.45, 7) is 13.0. The molecule has 0 bridgehead atoms. The summed E-state index contributed by atoms with van der Waals surface area (Å²) in [6, 6.07) is 52.1. The zero-order chi connectivity index (χ0) is 38.5. The second-order valence-electron chi connectivity index (χ2n) is 12.6. The van der Waals surface area contributed by atoms with Crippen molar-refractivity contribution in [2.24, 2.45) is 0 Å². The Labute approximate surface area is 327 Å². The molecule has 7 aromatic rings. The van der Waals surface area contributed by atoms with Crippen molar-refractivity contribution in [2.45, 2.75) is 0 Å². The van der Waals surface area contributed by atoms with Gasteiger partial charge < -0.3 is 9.80 Å². The molecule has 0 radical (unpaired) electrons. The van der Waals surface area contributed by atoms with Crippen molar-refractivity contribution in [3.05, 3.63) is 238 Å². The third kappa shape index (κ3) is 9.02. The van der Waals surface area contributed by atoms with Crippen LogP contribution >= 0.6 is 0 Å². The summed E-state index contributed by atoms with van der Waals surface area (Å²) in [5.41, 5.74) is 9.63. The molecule has 0 aliphatic carbocycles. The summed E-state index contributed by atoms with van der Waals surface area (Å²) in [7, 11) is 0. The first-order valence-corrected chi connectivity index (χ1v) is 18.1. The Morgan fingerprint density at radius 1 is 0.518 bits per heavy atom. The lowest BCUT2D eigenvalue weighted by Crippen LogP contribution is -2.15. The van der Waals surface area contributed by atoms with Crippen LogP contribution < -0.4 is 9.80 Å². The van der Waals surface area contributed by atoms with Crippen LogP contribution in [0.4, 0.5) is 22.7 Å². The van der Waals surface area contributed by atoms with Crippen molar-refractivity contribution in [1.82, 2.24) is 30.0 Å². The zero-order valence-electron chi connectivity index (χ0n) is 30.8. The molecule has 0 N–H and O–H groups in total. The minimum atomic E-state index is 0.662. The van der Waals surface area contributed by atoms with Crippen LogP contribution in [0.15, 0.2) is 232 Å². The summed E-state index contributed by atoms with van der Waals surface area (Å²) < 4.78 is 0. The first-order chi connectivity index (χ1) is 27.5. The van der Waals surface area contributed by atoms with E-state index in [0.29, 0.717) is 5.70 Å². The fourth-order valence-corrected chi connectivity index (χ4v) is 5.88. The molecule has 2 aromatic heterocycles. The third-order valence-electron chi connectivity index (χ3n) is 8.68. The van der Waals surface area contributed by atoms with E-state index in [-0.39, 0.29) is 0 Å². The summed E-state index contributed by atoms with van der Waals surface area (Å²) in [5, 5.41) is 18.0. The van der Waals surface area contributed by atoms with Crippen molar-refractivity contribution >= 4 is 45.1 Å². The summed E-state index contributed by atoms with van der Waals surface area (Å²) in [4.78, 5) is 7.38. The SMILES string of the molecule is C=C(/C=C\C(=C)N(c1ccccc1)c1cccc(-n2nccccccn2)c1)c1ccc(N(/C=C/C=C\C(=C)n2nc3ccccc3n2)c2ccccc2)cc1. The Morgan fingerprint density at radius 3 is 1.75 bits per heavy atom. The molecule has 0 atom stereocenters. The lowest BCUT2D eigenvalue weighted by atomic mass is 10.1. The second kappa shape index (κ2) is 17.8. The van der Waals surface area contributed by atoms with Gasteiger partial charge in [-0.2, -0.15) is 19.8 Å². The Morgan fingerprint density at radius 2 is 1.09 bits per heavy atom. The molecule has 8 nitrogen and oxygen atoms in total. The van der Waals surface area contributed by atoms with Crippen LogP contribution in [0.5, 0.6) is 0 Å². The van der Waals surface area contributed by atoms with Crippen LogP contribution in [0.25, 0.3) is 28.0 Å². The number of para-hydroxylation sites is 2. The van der Waals surface area contributed by atoms with Crippen molar-refractivity contribution < 1.29 is 0 Å². The van der Waals surface area contributed by atoms with E-state index in [0.717, 1.165) is 56.3 Å². The molecular formula is C48H40N8. The van der Waals surface area contributed by atoms with Gasteiger partial charge in [0, 0.05) is 47.0 Å². The Balaban J connectivity index is 1.09. The maximum Gasteiger partial charge on any atom is 0.113 e. The number of fused-ring (bicyclic) bond motifs is 1. The fourth-order valence-electron chi connectivity index (χ4n) is 5.88. The van der Waals surface area contributed by atoms with E-state index in [9.17, 15) is 0 Å². The number of hydrogen-bond acceptors (Lipinski definition) is 6. The Hall–Kier alpha value is -7.84. The standard InChI is InChI=1S/C48H40N8/c1-38(28-29-39(2)54(44-22-10-7-11-23-44)45-24-18-25-46(37-45)56-49-34-15-4-5-16-35-50-56)41-30-32-43(33-31-41)53(42-20-8-6-9-21-42)36-17-14-19-40(3)55-51-47-26-12-13-27-48(47)52-55/h4-37H,1-3H2/b15-4?,16-5?,19-14-,29-28-,36-17+,49-34?,50-35?. The summed E-state index contributed by atoms with van der Waals surface area (Å²) >= 11 is 0. The monoisotopic (exact) mass is 728 g/mol. The predicted octanol–water partition coefficient (Wildman–Crippen LogP) is 11.4. The van der Waals surface area contributed by atoms with Gasteiger partial charge in [-0.1, -0.05) is 111 Å². The van der Waals surface area contributed by atoms with Crippen LogP contribution in [0.1, 0.15) is 5.56 Å². The second-order valence-corrected chi connectivity index (χ2v) is 12.6. The highest BCUT2D eigenvalue weighted by molar-refractivity contribution is 5.78. The zero-order valence-corrected chi connectivity index (χ0v) is 30.8. The molecule has 0 fully saturated rings. The third-order valence-corrected chi connectivity index (χ3v) is 8.68. The number of anilines is 4. The highest BCUT2D eigenvalue weighted by Crippen LogP contribution is 2.32. The minimum Gasteiger partial charge on any atom is -0.317 e. The normalized spacial score (nSPS) is 11.2. The molecule has 0 aliphatic heterocycles. The van der Waals surface area contributed by atoms with Crippen LogP contribution in [0, 0.1) is 0 Å². The van der Waals surface area contributed by atoms with Gasteiger partial charge in [-0.05, 0) is 108 Å². The summed E-state index contributed by atoms with van der Waals surface area (Å²) in [5.74, 6) is 0. The van der Waals surface area contributed by atoms with Crippen LogP contribution in [-0.2, 0) is 0 Å². The molecule has 0 aliphatic rings. The molecule has 8 heteroatoms. The first kappa shape index (κ1) is 36.5. The fraction of sp³-hybridized carbons (Fsp3) is 0. The lowest BCUT2D eigenvalue weighted by molar-refractivity contribution is 0.715. The topological polar surface area (TPSA) is 67.9 Å². The van der Waals surface area contributed by atoms with E-state index in [2.05, 4.69) is 98.5 Å². The van der Waals surface area contributed by atoms with Gasteiger partial charge in [-0.25, -0.2) is 0 Å². The van der Waals surface area contributed by atoms with Crippen LogP contribution in [0.3, 0.4) is 0 Å². The largest absolute Gasteiger partial charge is 0.317 e. The molecule has 0 amide bonds. The number of allylic oxidation sites excluding steroid dienone is 7. The molecule has 272 valence electrons. The van der Waals surface area contributed by atoms with Gasteiger partial charge in [0.05, 0.1) is 11.4 Å². The van der Waals surface area contributed by atoms with Gasteiger partial charge in [0.25, 0.3) is 0 Å². The summed E-state index contributed by atoms with van der Waals surface area (Å²) in [6.07, 6.45) is 15.2. The molecule has 56 heavy (non-hydrogen) atoms. The van der Waals surface area contributed by atoms with Gasteiger partial charge in [0.2, 0.25) is 0 Å². The molecule has 0 saturated heterocycles. The maximum atomic E-state index is 4.52. The average Bonchev–Trinajstić information content (AvgIpc) is 3.74. The first-order valence-electron chi connectivity index (χ1n) is 18.1. The van der Waals surface area contributed by atoms with Crippen molar-refractivity contribution in [2.75, 3.05) is 9.80 Å². The quantitative estimate of drug-likeness (QED) is 0.110. The highest BCUT2D eigenvalue weighted by atomic mass is 15.5. The van der Waals surface area contributed by atoms with Crippen molar-refractivity contribution in [3.63, 3.8) is 0 Å². The number of rotatable bonds is 13. The van der Waals surface area contributed by atoms with Crippen LogP contribution in [0.2, 0.25) is 0 Å². The van der Waals surface area contributed by atoms with Gasteiger partial charge in [-0.15, -0.1) is 10.2 Å². The Bertz CT molecular complexity index is 2540. The minimum absolute atomic E-state index is 0.662. The molecule has 2 heterocycles. The predicted molar refractivity (Wildman–Crippen MR) is 231 cm³/mol. The Kier molecular flexibility index (Phi) is 11.6. The number of nitrogens with zero attached hydrogens (tertiary/aromatic N) is 8. The van der Waals surface area contributed by atoms with Crippen molar-refractivity contribution in [3.8, 4) is 5.69 Å². The van der Waals surface area contributed by atoms with E-state index in [1.807, 2.05) is 146 Å². The van der Waals surface area contributed by atoms with E-state index in [1.54, 1.807) is 22.0 Å². The van der Waals surface area contributed by atoms with Crippen molar-refractivity contribution in [1.29, 1.82) is 0 Å². The van der Waals surface area contributed by atoms with Gasteiger partial charge in [0.15, 0.2) is 0 Å². The number of benzene rings is 5. The van der Waals surface area contributed by atoms with E-state index < -0.39 is 0 Å². The molecule has 7 rings (SSSR count). The van der Waals surface area contributed by atoms with E-state index in [4.69, 9.17) is 0 Å². The van der Waals surface area contributed by atoms with E-state index >= 15 is 0 Å². The number of hydrogen-bond donors (Lipinski definition) is 0. The maximum absolute atomic E-state index is 4.52. The molecule has 5 aromatic carbocycles. The van der Waals surface area contributed by atoms with Crippen LogP contribution in [-0.4, -0.2) is 30.0 Å².